The van der Waals surface area contributed by atoms with Gasteiger partial charge in [0.05, 0.1) is 17.9 Å². The molecule has 27 heavy (non-hydrogen) atoms. The first-order valence-corrected chi connectivity index (χ1v) is 8.79. The van der Waals surface area contributed by atoms with E-state index in [1.165, 1.54) is 5.56 Å². The summed E-state index contributed by atoms with van der Waals surface area (Å²) in [7, 11) is 0. The molecule has 0 bridgehead atoms. The second kappa shape index (κ2) is 7.80. The molecule has 1 aliphatic carbocycles. The summed E-state index contributed by atoms with van der Waals surface area (Å²) in [6.07, 6.45) is 4.60. The van der Waals surface area contributed by atoms with E-state index in [4.69, 9.17) is 5.73 Å². The van der Waals surface area contributed by atoms with Gasteiger partial charge in [-0.1, -0.05) is 23.4 Å². The van der Waals surface area contributed by atoms with Crippen molar-refractivity contribution in [1.82, 2.24) is 20.3 Å². The molecule has 2 aromatic carbocycles. The zero-order valence-corrected chi connectivity index (χ0v) is 15.9. The first-order chi connectivity index (χ1) is 12.6. The van der Waals surface area contributed by atoms with Crippen LogP contribution in [0.5, 0.6) is 0 Å². The first-order valence-electron chi connectivity index (χ1n) is 8.79. The van der Waals surface area contributed by atoms with Gasteiger partial charge in [-0.15, -0.1) is 17.5 Å². The molecular formula is C20H22ClN5O. The molecule has 1 aromatic heterocycles. The lowest BCUT2D eigenvalue weighted by molar-refractivity contribution is 0.0927. The Morgan fingerprint density at radius 2 is 2.11 bits per heavy atom. The minimum absolute atomic E-state index is 0. The van der Waals surface area contributed by atoms with Crippen molar-refractivity contribution in [3.05, 3.63) is 71.0 Å². The summed E-state index contributed by atoms with van der Waals surface area (Å²) < 4.78 is 1.62. The number of hydrogen-bond acceptors (Lipinski definition) is 4. The number of rotatable bonds is 3. The Bertz CT molecular complexity index is 969. The van der Waals surface area contributed by atoms with Gasteiger partial charge in [-0.2, -0.15) is 0 Å². The second-order valence-corrected chi connectivity index (χ2v) is 6.76. The predicted octanol–water partition coefficient (Wildman–Crippen LogP) is 3.39. The minimum atomic E-state index is -0.210. The smallest absolute Gasteiger partial charge is 0.273 e. The fourth-order valence-electron chi connectivity index (χ4n) is 3.48. The van der Waals surface area contributed by atoms with Gasteiger partial charge >= 0.3 is 0 Å². The molecule has 1 amide bonds. The van der Waals surface area contributed by atoms with Crippen LogP contribution >= 0.6 is 12.4 Å². The number of nitrogens with two attached hydrogens (primary N) is 1. The molecule has 4 rings (SSSR count). The van der Waals surface area contributed by atoms with E-state index >= 15 is 0 Å². The summed E-state index contributed by atoms with van der Waals surface area (Å²) in [6.45, 7) is 2.02. The van der Waals surface area contributed by atoms with Crippen molar-refractivity contribution >= 4 is 24.0 Å². The van der Waals surface area contributed by atoms with Crippen LogP contribution in [0.4, 0.5) is 5.69 Å². The number of aromatic nitrogens is 3. The van der Waals surface area contributed by atoms with Crippen molar-refractivity contribution in [1.29, 1.82) is 0 Å². The van der Waals surface area contributed by atoms with Gasteiger partial charge in [0, 0.05) is 5.69 Å². The van der Waals surface area contributed by atoms with Crippen molar-refractivity contribution in [2.75, 3.05) is 5.73 Å². The van der Waals surface area contributed by atoms with E-state index in [9.17, 15) is 4.79 Å². The van der Waals surface area contributed by atoms with E-state index in [0.717, 1.165) is 41.8 Å². The second-order valence-electron chi connectivity index (χ2n) is 6.76. The lowest BCUT2D eigenvalue weighted by atomic mass is 9.87. The normalized spacial score (nSPS) is 15.5. The minimum Gasteiger partial charge on any atom is -0.399 e. The van der Waals surface area contributed by atoms with Crippen molar-refractivity contribution in [2.45, 2.75) is 32.2 Å². The third-order valence-corrected chi connectivity index (χ3v) is 4.78. The maximum Gasteiger partial charge on any atom is 0.273 e. The highest BCUT2D eigenvalue weighted by Crippen LogP contribution is 2.31. The Hall–Kier alpha value is -2.86. The molecule has 0 spiro atoms. The van der Waals surface area contributed by atoms with Crippen LogP contribution in [-0.2, 0) is 6.42 Å². The summed E-state index contributed by atoms with van der Waals surface area (Å²) >= 11 is 0. The number of hydrogen-bond donors (Lipinski definition) is 2. The van der Waals surface area contributed by atoms with Crippen LogP contribution < -0.4 is 11.1 Å². The Labute approximate surface area is 164 Å². The van der Waals surface area contributed by atoms with Gasteiger partial charge in [-0.3, -0.25) is 4.79 Å². The number of benzene rings is 2. The van der Waals surface area contributed by atoms with E-state index in [2.05, 4.69) is 15.6 Å². The Kier molecular flexibility index (Phi) is 5.46. The van der Waals surface area contributed by atoms with Gasteiger partial charge in [0.2, 0.25) is 0 Å². The number of halogens is 1. The molecule has 6 nitrogen and oxygen atoms in total. The third kappa shape index (κ3) is 3.95. The molecule has 7 heteroatoms. The summed E-state index contributed by atoms with van der Waals surface area (Å²) in [5.74, 6) is -0.210. The Morgan fingerprint density at radius 1 is 1.26 bits per heavy atom. The molecule has 0 aliphatic heterocycles. The lowest BCUT2D eigenvalue weighted by Gasteiger charge is -2.26. The van der Waals surface area contributed by atoms with Crippen LogP contribution in [0.3, 0.4) is 0 Å². The monoisotopic (exact) mass is 383 g/mol. The van der Waals surface area contributed by atoms with Crippen LogP contribution in [0.2, 0.25) is 0 Å². The number of amides is 1. The molecule has 0 fully saturated rings. The summed E-state index contributed by atoms with van der Waals surface area (Å²) in [5, 5.41) is 11.2. The zero-order valence-electron chi connectivity index (χ0n) is 15.1. The van der Waals surface area contributed by atoms with E-state index in [0.29, 0.717) is 5.69 Å². The van der Waals surface area contributed by atoms with Gasteiger partial charge < -0.3 is 11.1 Å². The highest BCUT2D eigenvalue weighted by molar-refractivity contribution is 5.92. The number of nitrogens with zero attached hydrogens (tertiary/aromatic N) is 3. The van der Waals surface area contributed by atoms with Crippen LogP contribution in [0.15, 0.2) is 48.7 Å². The standard InChI is InChI=1S/C20H21N5O.ClH/c1-13-4-2-6-16(10-13)25-12-19(23-24-25)20(26)22-18-7-3-5-14-11-15(21)8-9-17(14)18;/h2,4,6,8-12,18H,3,5,7,21H2,1H3,(H,22,26);1H. The van der Waals surface area contributed by atoms with Crippen LogP contribution in [0.1, 0.15) is 46.1 Å². The SMILES string of the molecule is Cc1cccc(-n2cc(C(=O)NC3CCCc4cc(N)ccc43)nn2)c1.Cl. The topological polar surface area (TPSA) is 85.8 Å². The summed E-state index contributed by atoms with van der Waals surface area (Å²) in [4.78, 5) is 12.6. The van der Waals surface area contributed by atoms with Crippen molar-refractivity contribution in [3.8, 4) is 5.69 Å². The highest BCUT2D eigenvalue weighted by atomic mass is 35.5. The molecule has 1 aliphatic rings. The molecular weight excluding hydrogens is 362 g/mol. The van der Waals surface area contributed by atoms with Gasteiger partial charge in [-0.25, -0.2) is 4.68 Å². The quantitative estimate of drug-likeness (QED) is 0.679. The maximum atomic E-state index is 12.6. The van der Waals surface area contributed by atoms with Gasteiger partial charge in [0.25, 0.3) is 5.91 Å². The predicted molar refractivity (Wildman–Crippen MR) is 107 cm³/mol. The van der Waals surface area contributed by atoms with Crippen molar-refractivity contribution < 1.29 is 4.79 Å². The maximum absolute atomic E-state index is 12.6. The number of aryl methyl sites for hydroxylation is 2. The van der Waals surface area contributed by atoms with E-state index in [1.807, 2.05) is 49.4 Å². The van der Waals surface area contributed by atoms with Crippen LogP contribution in [-0.4, -0.2) is 20.9 Å². The molecule has 1 unspecified atom stereocenters. The third-order valence-electron chi connectivity index (χ3n) is 4.78. The fourth-order valence-corrected chi connectivity index (χ4v) is 3.48. The van der Waals surface area contributed by atoms with Crippen LogP contribution in [0.25, 0.3) is 5.69 Å². The van der Waals surface area contributed by atoms with E-state index < -0.39 is 0 Å². The average Bonchev–Trinajstić information content (AvgIpc) is 3.12. The number of carbonyl (C=O) groups is 1. The molecule has 0 radical (unpaired) electrons. The van der Waals surface area contributed by atoms with Gasteiger partial charge in [-0.05, 0) is 67.1 Å². The molecule has 140 valence electrons. The largest absolute Gasteiger partial charge is 0.399 e. The number of carbonyl (C=O) groups excluding carboxylic acids is 1. The Balaban J connectivity index is 0.00000210. The molecule has 3 aromatic rings. The average molecular weight is 384 g/mol. The lowest BCUT2D eigenvalue weighted by Crippen LogP contribution is -2.31. The summed E-state index contributed by atoms with van der Waals surface area (Å²) in [5.41, 5.74) is 11.3. The van der Waals surface area contributed by atoms with E-state index in [-0.39, 0.29) is 24.4 Å². The number of nitrogen functional groups attached to an aromatic ring is 1. The number of anilines is 1. The Morgan fingerprint density at radius 3 is 2.93 bits per heavy atom. The van der Waals surface area contributed by atoms with Crippen LogP contribution in [0, 0.1) is 6.92 Å². The van der Waals surface area contributed by atoms with Gasteiger partial charge in [0.1, 0.15) is 0 Å². The van der Waals surface area contributed by atoms with Gasteiger partial charge in [0.15, 0.2) is 5.69 Å². The van der Waals surface area contributed by atoms with Crippen molar-refractivity contribution in [3.63, 3.8) is 0 Å². The zero-order chi connectivity index (χ0) is 18.1. The fraction of sp³-hybridized carbons (Fsp3) is 0.250. The molecule has 0 saturated heterocycles. The highest BCUT2D eigenvalue weighted by Gasteiger charge is 2.23. The molecule has 0 saturated carbocycles. The molecule has 1 atom stereocenters. The molecule has 3 N–H and O–H groups in total. The van der Waals surface area contributed by atoms with E-state index in [1.54, 1.807) is 10.9 Å². The number of nitrogens with one attached hydrogen (secondary N) is 1. The number of fused-ring (bicyclic) bond motifs is 1. The first kappa shape index (κ1) is 18.9. The summed E-state index contributed by atoms with van der Waals surface area (Å²) in [6, 6.07) is 13.8. The molecule has 1 heterocycles. The van der Waals surface area contributed by atoms with Crippen molar-refractivity contribution in [2.24, 2.45) is 0 Å².